The van der Waals surface area contributed by atoms with Gasteiger partial charge in [0, 0.05) is 11.3 Å². The van der Waals surface area contributed by atoms with Crippen molar-refractivity contribution >= 4 is 17.1 Å². The van der Waals surface area contributed by atoms with Gasteiger partial charge in [-0.05, 0) is 46.4 Å². The second kappa shape index (κ2) is 14.1. The van der Waals surface area contributed by atoms with Crippen LogP contribution in [0.3, 0.4) is 0 Å². The minimum atomic E-state index is -0.326. The molecule has 0 saturated heterocycles. The van der Waals surface area contributed by atoms with E-state index in [1.807, 2.05) is 0 Å². The number of methoxy groups -OCH3 is 1. The van der Waals surface area contributed by atoms with E-state index in [0.29, 0.717) is 0 Å². The minimum absolute atomic E-state index is 0. The van der Waals surface area contributed by atoms with E-state index in [-0.39, 0.29) is 41.6 Å². The Hall–Kier alpha value is -2.16. The molecule has 0 saturated carbocycles. The number of ether oxygens (including phenoxy) is 1. The molecule has 0 amide bonds. The average molecular weight is 660 g/mol. The van der Waals surface area contributed by atoms with Crippen LogP contribution in [0.15, 0.2) is 120 Å². The topological polar surface area (TPSA) is 9.23 Å². The summed E-state index contributed by atoms with van der Waals surface area (Å²) in [6.07, 6.45) is 16.3. The Balaban J connectivity index is 0.000000691. The monoisotopic (exact) mass is 657 g/mol. The van der Waals surface area contributed by atoms with Gasteiger partial charge in [-0.25, -0.2) is 0 Å². The molecule has 2 unspecified atom stereocenters. The molecule has 0 fully saturated rings. The minimum Gasteiger partial charge on any atom is -1.00 e. The van der Waals surface area contributed by atoms with Crippen molar-refractivity contribution in [3.63, 3.8) is 0 Å². The normalized spacial score (nSPS) is 19.7. The van der Waals surface area contributed by atoms with Gasteiger partial charge in [0.15, 0.2) is 0 Å². The van der Waals surface area contributed by atoms with E-state index >= 15 is 0 Å². The first-order valence-electron chi connectivity index (χ1n) is 13.2. The quantitative estimate of drug-likeness (QED) is 0.303. The molecule has 0 bridgehead atoms. The molecule has 0 aliphatic heterocycles. The number of allylic oxidation sites excluding steroid dienone is 9. The summed E-state index contributed by atoms with van der Waals surface area (Å²) >= 11 is 1.74. The first-order valence-corrected chi connectivity index (χ1v) is 19.4. The first-order chi connectivity index (χ1) is 18.5. The van der Waals surface area contributed by atoms with Crippen molar-refractivity contribution in [1.29, 1.82) is 0 Å². The number of hydrogen-bond acceptors (Lipinski definition) is 1. The summed E-state index contributed by atoms with van der Waals surface area (Å²) in [6, 6.07) is 28.4. The molecule has 3 aromatic carbocycles. The smallest absolute Gasteiger partial charge is 1.00 e. The van der Waals surface area contributed by atoms with Crippen molar-refractivity contribution in [2.45, 2.75) is 37.8 Å². The molecule has 6 rings (SSSR count). The number of rotatable bonds is 5. The van der Waals surface area contributed by atoms with Crippen LogP contribution in [0.5, 0.6) is 5.75 Å². The van der Waals surface area contributed by atoms with Crippen LogP contribution in [0.4, 0.5) is 0 Å². The zero-order valence-electron chi connectivity index (χ0n) is 23.3. The van der Waals surface area contributed by atoms with Crippen molar-refractivity contribution in [2.24, 2.45) is 0 Å². The molecule has 3 aliphatic carbocycles. The molecule has 5 heteroatoms. The van der Waals surface area contributed by atoms with Gasteiger partial charge in [0.05, 0.1) is 7.11 Å². The second-order valence-electron chi connectivity index (χ2n) is 10.1. The maximum absolute atomic E-state index is 5.45. The van der Waals surface area contributed by atoms with E-state index in [1.165, 1.54) is 44.5 Å². The number of hydrogen-bond donors (Lipinski definition) is 0. The molecule has 3 aromatic rings. The van der Waals surface area contributed by atoms with E-state index < -0.39 is 0 Å². The van der Waals surface area contributed by atoms with Crippen molar-refractivity contribution in [2.75, 3.05) is 7.11 Å². The van der Waals surface area contributed by atoms with Gasteiger partial charge >= 0.3 is 41.9 Å². The molecule has 40 heavy (non-hydrogen) atoms. The fourth-order valence-electron chi connectivity index (χ4n) is 5.81. The summed E-state index contributed by atoms with van der Waals surface area (Å²) in [5.41, 5.74) is 10.3. The summed E-state index contributed by atoms with van der Waals surface area (Å²) in [6.45, 7) is 6.83. The fourth-order valence-corrected chi connectivity index (χ4v) is 5.81. The van der Waals surface area contributed by atoms with Crippen LogP contribution < -0.4 is 29.6 Å². The van der Waals surface area contributed by atoms with Gasteiger partial charge in [-0.3, -0.25) is 0 Å². The molecule has 0 radical (unpaired) electrons. The van der Waals surface area contributed by atoms with Gasteiger partial charge in [-0.2, -0.15) is 11.6 Å². The molecular formula is C35H33Cl2OSiZr-. The standard InChI is InChI=1S/C33H27O.C2H6Si.2ClH.Zr/c1-3-23-20-26-11-9-19-33(31(26)21-23,27-12-5-4-6-13-27)32-29-14-8-7-10-25(29)22-30(32)24-15-17-28(34-2)18-16-24;1-3-2;;;/h4-19,21-22,32H,3H2,1-2H3;1-2H3;2*1H;/q-1;;;;+2/p-2. The molecule has 2 atom stereocenters. The predicted molar refractivity (Wildman–Crippen MR) is 158 cm³/mol. The Morgan fingerprint density at radius 3 is 2.20 bits per heavy atom. The van der Waals surface area contributed by atoms with Crippen LogP contribution in [-0.4, -0.2) is 12.5 Å². The summed E-state index contributed by atoms with van der Waals surface area (Å²) in [4.78, 5) is 0. The van der Waals surface area contributed by atoms with Crippen LogP contribution in [0.25, 0.3) is 11.6 Å². The molecule has 0 spiro atoms. The molecular weight excluding hydrogens is 627 g/mol. The number of halogens is 2. The Morgan fingerprint density at radius 1 is 0.900 bits per heavy atom. The van der Waals surface area contributed by atoms with Crippen molar-refractivity contribution in [1.82, 2.24) is 0 Å². The Labute approximate surface area is 267 Å². The molecule has 3 aliphatic rings. The third-order valence-corrected chi connectivity index (χ3v) is 7.41. The van der Waals surface area contributed by atoms with Gasteiger partial charge in [0.25, 0.3) is 0 Å². The van der Waals surface area contributed by atoms with Gasteiger partial charge < -0.3 is 29.6 Å². The van der Waals surface area contributed by atoms with Gasteiger partial charge in [0.1, 0.15) is 5.75 Å². The molecule has 1 nitrogen and oxygen atoms in total. The maximum Gasteiger partial charge on any atom is -1.00 e. The molecule has 0 N–H and O–H groups in total. The summed E-state index contributed by atoms with van der Waals surface area (Å²) < 4.78 is 5.45. The van der Waals surface area contributed by atoms with Gasteiger partial charge in [-0.15, -0.1) is 29.4 Å². The Bertz CT molecular complexity index is 1510. The van der Waals surface area contributed by atoms with E-state index in [0.717, 1.165) is 12.2 Å². The van der Waals surface area contributed by atoms with Gasteiger partial charge in [0.2, 0.25) is 0 Å². The van der Waals surface area contributed by atoms with Crippen LogP contribution in [0.2, 0.25) is 13.1 Å². The Morgan fingerprint density at radius 2 is 1.55 bits per heavy atom. The summed E-state index contributed by atoms with van der Waals surface area (Å²) in [7, 11) is 1.72. The predicted octanol–water partition coefficient (Wildman–Crippen LogP) is 2.64. The van der Waals surface area contributed by atoms with E-state index in [9.17, 15) is 0 Å². The third kappa shape index (κ3) is 6.19. The van der Waals surface area contributed by atoms with Crippen molar-refractivity contribution in [3.8, 4) is 5.75 Å². The summed E-state index contributed by atoms with van der Waals surface area (Å²) in [5.74, 6) is 1.02. The van der Waals surface area contributed by atoms with E-state index in [2.05, 4.69) is 135 Å². The van der Waals surface area contributed by atoms with Crippen LogP contribution >= 0.6 is 0 Å². The number of benzene rings is 3. The van der Waals surface area contributed by atoms with Gasteiger partial charge in [-0.1, -0.05) is 85.8 Å². The first kappa shape index (κ1) is 32.4. The zero-order chi connectivity index (χ0) is 26.7. The van der Waals surface area contributed by atoms with Crippen molar-refractivity contribution < 1.29 is 52.9 Å². The van der Waals surface area contributed by atoms with E-state index in [1.54, 1.807) is 30.4 Å². The van der Waals surface area contributed by atoms with Crippen LogP contribution in [0, 0.1) is 6.08 Å². The molecule has 202 valence electrons. The SMILES string of the molecule is CCC1=[C-]C2=CC=CC(c3ccccc3)(C3C(c4ccc(OC)cc4)=Cc4ccccc43)C2=C1.C[Si](C)=[Zr+2].[Cl-].[Cl-]. The maximum atomic E-state index is 5.45. The third-order valence-electron chi connectivity index (χ3n) is 7.41. The van der Waals surface area contributed by atoms with Crippen molar-refractivity contribution in [3.05, 3.63) is 148 Å². The molecule has 0 heterocycles. The fraction of sp³-hybridized carbons (Fsp3) is 0.200. The largest absolute Gasteiger partial charge is 1.00 e. The van der Waals surface area contributed by atoms with E-state index in [4.69, 9.17) is 4.74 Å². The Kier molecular flexibility index (Phi) is 11.4. The second-order valence-corrected chi connectivity index (χ2v) is 19.5. The average Bonchev–Trinajstić information content (AvgIpc) is 3.55. The molecule has 0 aromatic heterocycles. The van der Waals surface area contributed by atoms with Crippen LogP contribution in [-0.2, 0) is 28.8 Å². The number of fused-ring (bicyclic) bond motifs is 2. The summed E-state index contributed by atoms with van der Waals surface area (Å²) in [5, 5.41) is 0. The zero-order valence-corrected chi connectivity index (χ0v) is 28.3. The van der Waals surface area contributed by atoms with Crippen LogP contribution in [0.1, 0.15) is 41.5 Å².